The number of ketones is 1. The second-order valence-electron chi connectivity index (χ2n) is 4.82. The fourth-order valence-electron chi connectivity index (χ4n) is 2.58. The summed E-state index contributed by atoms with van der Waals surface area (Å²) in [6.45, 7) is 2.48. The number of benzene rings is 1. The van der Waals surface area contributed by atoms with Crippen LogP contribution in [0.15, 0.2) is 24.3 Å². The van der Waals surface area contributed by atoms with Gasteiger partial charge < -0.3 is 10.1 Å². The molecule has 3 heteroatoms. The molecule has 0 saturated carbocycles. The van der Waals surface area contributed by atoms with Crippen molar-refractivity contribution < 1.29 is 9.18 Å². The number of Topliss-reactive ketones (excluding diaryl/α,β-unsaturated/α-hetero) is 1. The maximum atomic E-state index is 13.7. The van der Waals surface area contributed by atoms with Crippen molar-refractivity contribution in [1.29, 1.82) is 0 Å². The van der Waals surface area contributed by atoms with Crippen LogP contribution in [0.3, 0.4) is 0 Å². The van der Waals surface area contributed by atoms with Gasteiger partial charge in [0.1, 0.15) is 11.6 Å². The molecule has 2 nitrogen and oxygen atoms in total. The molecule has 92 valence electrons. The normalized spacial score (nSPS) is 24.6. The van der Waals surface area contributed by atoms with Crippen LogP contribution in [0.1, 0.15) is 37.8 Å². The molecule has 2 rings (SSSR count). The van der Waals surface area contributed by atoms with Crippen molar-refractivity contribution >= 4 is 5.78 Å². The lowest BCUT2D eigenvalue weighted by atomic mass is 9.86. The van der Waals surface area contributed by atoms with E-state index >= 15 is 0 Å². The molecule has 1 aromatic rings. The fraction of sp³-hybridized carbons (Fsp3) is 0.500. The van der Waals surface area contributed by atoms with Crippen molar-refractivity contribution in [2.24, 2.45) is 5.92 Å². The maximum Gasteiger partial charge on any atom is 0.130 e. The van der Waals surface area contributed by atoms with Crippen LogP contribution in [0.4, 0.5) is 4.39 Å². The highest BCUT2D eigenvalue weighted by Gasteiger charge is 2.25. The van der Waals surface area contributed by atoms with Gasteiger partial charge in [0, 0.05) is 18.0 Å². The molecule has 1 aliphatic heterocycles. The highest BCUT2D eigenvalue weighted by Crippen LogP contribution is 2.30. The van der Waals surface area contributed by atoms with Crippen LogP contribution in [0.2, 0.25) is 0 Å². The molecule has 2 atom stereocenters. The molecule has 1 saturated heterocycles. The van der Waals surface area contributed by atoms with Gasteiger partial charge in [0.05, 0.1) is 0 Å². The molecule has 1 aliphatic rings. The topological polar surface area (TPSA) is 29.1 Å². The molecule has 1 N–H and O–H groups in total. The zero-order chi connectivity index (χ0) is 12.3. The Hall–Kier alpha value is -1.22. The number of rotatable bonds is 3. The maximum absolute atomic E-state index is 13.7. The molecule has 0 aliphatic carbocycles. The van der Waals surface area contributed by atoms with Gasteiger partial charge in [0.2, 0.25) is 0 Å². The van der Waals surface area contributed by atoms with Gasteiger partial charge in [0.25, 0.3) is 0 Å². The smallest absolute Gasteiger partial charge is 0.130 e. The molecular formula is C14H18FNO. The molecule has 0 radical (unpaired) electrons. The van der Waals surface area contributed by atoms with Gasteiger partial charge in [-0.3, -0.25) is 0 Å². The Morgan fingerprint density at radius 2 is 2.24 bits per heavy atom. The Morgan fingerprint density at radius 3 is 2.94 bits per heavy atom. The first kappa shape index (κ1) is 12.2. The van der Waals surface area contributed by atoms with Gasteiger partial charge in [-0.05, 0) is 38.3 Å². The Balaban J connectivity index is 2.07. The number of carbonyl (C=O) groups excluding carboxylic acids is 1. The van der Waals surface area contributed by atoms with E-state index in [1.807, 2.05) is 12.1 Å². The van der Waals surface area contributed by atoms with Gasteiger partial charge >= 0.3 is 0 Å². The first-order valence-electron chi connectivity index (χ1n) is 6.14. The third-order valence-corrected chi connectivity index (χ3v) is 3.37. The predicted molar refractivity (Wildman–Crippen MR) is 65.2 cm³/mol. The van der Waals surface area contributed by atoms with Crippen LogP contribution in [0, 0.1) is 11.7 Å². The number of halogens is 1. The van der Waals surface area contributed by atoms with E-state index in [2.05, 4.69) is 5.32 Å². The number of hydrogen-bond donors (Lipinski definition) is 1. The summed E-state index contributed by atoms with van der Waals surface area (Å²) in [6, 6.07) is 6.92. The Bertz CT molecular complexity index is 405. The molecule has 0 bridgehead atoms. The van der Waals surface area contributed by atoms with Gasteiger partial charge in [0.15, 0.2) is 0 Å². The quantitative estimate of drug-likeness (QED) is 0.872. The minimum Gasteiger partial charge on any atom is -0.310 e. The van der Waals surface area contributed by atoms with E-state index in [0.717, 1.165) is 24.9 Å². The van der Waals surface area contributed by atoms with E-state index in [4.69, 9.17) is 0 Å². The van der Waals surface area contributed by atoms with E-state index < -0.39 is 0 Å². The van der Waals surface area contributed by atoms with Crippen molar-refractivity contribution in [2.75, 3.05) is 6.54 Å². The molecule has 1 heterocycles. The number of hydrogen-bond acceptors (Lipinski definition) is 2. The monoisotopic (exact) mass is 235 g/mol. The zero-order valence-electron chi connectivity index (χ0n) is 10.1. The van der Waals surface area contributed by atoms with Crippen molar-refractivity contribution in [3.8, 4) is 0 Å². The van der Waals surface area contributed by atoms with Gasteiger partial charge in [-0.25, -0.2) is 4.39 Å². The summed E-state index contributed by atoms with van der Waals surface area (Å²) >= 11 is 0. The van der Waals surface area contributed by atoms with Crippen LogP contribution in [-0.4, -0.2) is 12.3 Å². The molecule has 0 amide bonds. The first-order valence-corrected chi connectivity index (χ1v) is 6.14. The van der Waals surface area contributed by atoms with E-state index in [1.165, 1.54) is 6.07 Å². The zero-order valence-corrected chi connectivity index (χ0v) is 10.1. The molecule has 17 heavy (non-hydrogen) atoms. The minimum absolute atomic E-state index is 0.0503. The van der Waals surface area contributed by atoms with E-state index in [1.54, 1.807) is 13.0 Å². The van der Waals surface area contributed by atoms with E-state index in [9.17, 15) is 9.18 Å². The Morgan fingerprint density at radius 1 is 1.47 bits per heavy atom. The van der Waals surface area contributed by atoms with E-state index in [-0.39, 0.29) is 17.6 Å². The summed E-state index contributed by atoms with van der Waals surface area (Å²) in [6.07, 6.45) is 2.47. The average Bonchev–Trinajstić information content (AvgIpc) is 2.29. The summed E-state index contributed by atoms with van der Waals surface area (Å²) in [5.74, 6) is 0.455. The second-order valence-corrected chi connectivity index (χ2v) is 4.82. The number of carbonyl (C=O) groups is 1. The molecule has 1 aromatic carbocycles. The molecule has 0 aromatic heterocycles. The van der Waals surface area contributed by atoms with Gasteiger partial charge in [-0.1, -0.05) is 18.2 Å². The van der Waals surface area contributed by atoms with Crippen LogP contribution in [-0.2, 0) is 4.79 Å². The summed E-state index contributed by atoms with van der Waals surface area (Å²) in [5, 5.41) is 3.33. The first-order chi connectivity index (χ1) is 8.16. The third kappa shape index (κ3) is 3.13. The van der Waals surface area contributed by atoms with Crippen molar-refractivity contribution in [1.82, 2.24) is 5.32 Å². The van der Waals surface area contributed by atoms with Gasteiger partial charge in [-0.15, -0.1) is 0 Å². The summed E-state index contributed by atoms with van der Waals surface area (Å²) in [7, 11) is 0. The molecule has 1 fully saturated rings. The molecular weight excluding hydrogens is 217 g/mol. The number of piperidine rings is 1. The van der Waals surface area contributed by atoms with Crippen molar-refractivity contribution in [3.63, 3.8) is 0 Å². The minimum atomic E-state index is -0.159. The molecule has 2 unspecified atom stereocenters. The average molecular weight is 235 g/mol. The summed E-state index contributed by atoms with van der Waals surface area (Å²) in [4.78, 5) is 11.1. The van der Waals surface area contributed by atoms with Crippen LogP contribution in [0.25, 0.3) is 0 Å². The van der Waals surface area contributed by atoms with Crippen LogP contribution in [0.5, 0.6) is 0 Å². The van der Waals surface area contributed by atoms with Crippen LogP contribution >= 0.6 is 0 Å². The van der Waals surface area contributed by atoms with Crippen molar-refractivity contribution in [2.45, 2.75) is 32.2 Å². The summed E-state index contributed by atoms with van der Waals surface area (Å²) in [5.41, 5.74) is 0.723. The highest BCUT2D eigenvalue weighted by molar-refractivity contribution is 5.75. The SMILES string of the molecule is CC(=O)CC1CCNC(c2ccccc2F)C1. The Kier molecular flexibility index (Phi) is 3.89. The standard InChI is InChI=1S/C14H18FNO/c1-10(17)8-11-6-7-16-14(9-11)12-4-2-3-5-13(12)15/h2-5,11,14,16H,6-9H2,1H3. The van der Waals surface area contributed by atoms with Crippen LogP contribution < -0.4 is 5.32 Å². The lowest BCUT2D eigenvalue weighted by molar-refractivity contribution is -0.118. The molecule has 0 spiro atoms. The highest BCUT2D eigenvalue weighted by atomic mass is 19.1. The largest absolute Gasteiger partial charge is 0.310 e. The Labute approximate surface area is 101 Å². The lowest BCUT2D eigenvalue weighted by Crippen LogP contribution is -2.33. The lowest BCUT2D eigenvalue weighted by Gasteiger charge is -2.30. The second kappa shape index (κ2) is 5.41. The number of nitrogens with one attached hydrogen (secondary N) is 1. The third-order valence-electron chi connectivity index (χ3n) is 3.37. The summed E-state index contributed by atoms with van der Waals surface area (Å²) < 4.78 is 13.7. The predicted octanol–water partition coefficient (Wildman–Crippen LogP) is 2.85. The van der Waals surface area contributed by atoms with E-state index in [0.29, 0.717) is 12.3 Å². The van der Waals surface area contributed by atoms with Crippen molar-refractivity contribution in [3.05, 3.63) is 35.6 Å². The fourth-order valence-corrected chi connectivity index (χ4v) is 2.58. The van der Waals surface area contributed by atoms with Gasteiger partial charge in [-0.2, -0.15) is 0 Å².